The summed E-state index contributed by atoms with van der Waals surface area (Å²) >= 11 is 0. The van der Waals surface area contributed by atoms with Crippen molar-refractivity contribution in [3.63, 3.8) is 0 Å². The second kappa shape index (κ2) is 11.8. The normalized spacial score (nSPS) is 11.3. The zero-order chi connectivity index (χ0) is 17.2. The second-order valence-corrected chi connectivity index (χ2v) is 5.75. The van der Waals surface area contributed by atoms with Crippen LogP contribution in [-0.2, 0) is 13.0 Å². The fourth-order valence-electron chi connectivity index (χ4n) is 2.04. The van der Waals surface area contributed by atoms with Crippen LogP contribution in [-0.4, -0.2) is 34.2 Å². The smallest absolute Gasteiger partial charge is 0.226 e. The summed E-state index contributed by atoms with van der Waals surface area (Å²) in [7, 11) is 0. The summed E-state index contributed by atoms with van der Waals surface area (Å²) in [6, 6.07) is 5.84. The van der Waals surface area contributed by atoms with Crippen molar-refractivity contribution in [1.29, 1.82) is 0 Å². The Hall–Kier alpha value is -1.71. The highest BCUT2D eigenvalue weighted by Crippen LogP contribution is 2.10. The third-order valence-corrected chi connectivity index (χ3v) is 3.33. The van der Waals surface area contributed by atoms with Crippen molar-refractivity contribution in [3.8, 4) is 0 Å². The first kappa shape index (κ1) is 21.3. The first-order valence-corrected chi connectivity index (χ1v) is 8.43. The van der Waals surface area contributed by atoms with E-state index >= 15 is 0 Å². The molecule has 7 nitrogen and oxygen atoms in total. The molecule has 0 saturated carbocycles. The summed E-state index contributed by atoms with van der Waals surface area (Å²) in [5, 5.41) is 10.5. The van der Waals surface area contributed by atoms with Gasteiger partial charge in [0.2, 0.25) is 5.89 Å². The predicted molar refractivity (Wildman–Crippen MR) is 109 cm³/mol. The van der Waals surface area contributed by atoms with Crippen molar-refractivity contribution >= 4 is 29.9 Å². The molecule has 0 bridgehead atoms. The van der Waals surface area contributed by atoms with Gasteiger partial charge in [0.05, 0.1) is 12.2 Å². The number of pyridine rings is 1. The number of hydrogen-bond acceptors (Lipinski definition) is 5. The summed E-state index contributed by atoms with van der Waals surface area (Å²) in [5.41, 5.74) is 0.946. The van der Waals surface area contributed by atoms with E-state index in [1.807, 2.05) is 25.1 Å². The number of aryl methyl sites for hydroxylation is 1. The van der Waals surface area contributed by atoms with Crippen molar-refractivity contribution in [1.82, 2.24) is 25.8 Å². The van der Waals surface area contributed by atoms with Gasteiger partial charge in [-0.25, -0.2) is 4.99 Å². The molecular formula is C17H27IN6O. The van der Waals surface area contributed by atoms with Gasteiger partial charge in [0, 0.05) is 31.6 Å². The summed E-state index contributed by atoms with van der Waals surface area (Å²) in [6.07, 6.45) is 3.43. The minimum Gasteiger partial charge on any atom is -0.357 e. The van der Waals surface area contributed by atoms with Crippen molar-refractivity contribution in [2.24, 2.45) is 4.99 Å². The summed E-state index contributed by atoms with van der Waals surface area (Å²) in [4.78, 5) is 13.2. The average molecular weight is 458 g/mol. The molecule has 0 aromatic carbocycles. The van der Waals surface area contributed by atoms with Gasteiger partial charge in [-0.05, 0) is 25.5 Å². The minimum atomic E-state index is 0. The Kier molecular flexibility index (Phi) is 10.0. The SMILES string of the molecule is CCNC(=NCc1ccccn1)NCCCc1nc(C(C)C)no1.I. The Balaban J connectivity index is 0.00000312. The lowest BCUT2D eigenvalue weighted by Gasteiger charge is -2.10. The summed E-state index contributed by atoms with van der Waals surface area (Å²) < 4.78 is 5.24. The van der Waals surface area contributed by atoms with Crippen LogP contribution < -0.4 is 10.6 Å². The number of hydrogen-bond donors (Lipinski definition) is 2. The Morgan fingerprint density at radius 3 is 2.76 bits per heavy atom. The molecule has 8 heteroatoms. The second-order valence-electron chi connectivity index (χ2n) is 5.75. The van der Waals surface area contributed by atoms with Gasteiger partial charge in [-0.2, -0.15) is 4.98 Å². The van der Waals surface area contributed by atoms with E-state index in [4.69, 9.17) is 4.52 Å². The molecule has 0 aliphatic rings. The zero-order valence-corrected chi connectivity index (χ0v) is 17.4. The number of nitrogens with zero attached hydrogens (tertiary/aromatic N) is 4. The van der Waals surface area contributed by atoms with Gasteiger partial charge >= 0.3 is 0 Å². The maximum absolute atomic E-state index is 5.24. The number of halogens is 1. The van der Waals surface area contributed by atoms with Crippen LogP contribution in [0.15, 0.2) is 33.9 Å². The van der Waals surface area contributed by atoms with Gasteiger partial charge in [0.25, 0.3) is 0 Å². The van der Waals surface area contributed by atoms with Crippen LogP contribution in [0.1, 0.15) is 50.5 Å². The van der Waals surface area contributed by atoms with E-state index < -0.39 is 0 Å². The van der Waals surface area contributed by atoms with Crippen molar-refractivity contribution < 1.29 is 4.52 Å². The van der Waals surface area contributed by atoms with Crippen LogP contribution in [0.4, 0.5) is 0 Å². The van der Waals surface area contributed by atoms with E-state index in [-0.39, 0.29) is 24.0 Å². The van der Waals surface area contributed by atoms with Crippen molar-refractivity contribution in [2.75, 3.05) is 13.1 Å². The fraction of sp³-hybridized carbons (Fsp3) is 0.529. The van der Waals surface area contributed by atoms with Gasteiger partial charge in [0.1, 0.15) is 0 Å². The molecule has 138 valence electrons. The van der Waals surface area contributed by atoms with E-state index in [1.165, 1.54) is 0 Å². The number of nitrogens with one attached hydrogen (secondary N) is 2. The molecule has 0 spiro atoms. The maximum Gasteiger partial charge on any atom is 0.226 e. The third kappa shape index (κ3) is 7.80. The molecule has 2 aromatic rings. The van der Waals surface area contributed by atoms with Gasteiger partial charge < -0.3 is 15.2 Å². The fourth-order valence-corrected chi connectivity index (χ4v) is 2.04. The Morgan fingerprint density at radius 1 is 1.28 bits per heavy atom. The molecular weight excluding hydrogens is 431 g/mol. The minimum absolute atomic E-state index is 0. The predicted octanol–water partition coefficient (Wildman–Crippen LogP) is 2.89. The number of rotatable bonds is 8. The lowest BCUT2D eigenvalue weighted by Crippen LogP contribution is -2.37. The van der Waals surface area contributed by atoms with Gasteiger partial charge in [-0.15, -0.1) is 24.0 Å². The van der Waals surface area contributed by atoms with E-state index in [2.05, 4.69) is 44.6 Å². The molecule has 0 radical (unpaired) electrons. The molecule has 0 amide bonds. The maximum atomic E-state index is 5.24. The number of guanidine groups is 1. The highest BCUT2D eigenvalue weighted by molar-refractivity contribution is 14.0. The van der Waals surface area contributed by atoms with Crippen LogP contribution in [0.3, 0.4) is 0 Å². The molecule has 2 N–H and O–H groups in total. The van der Waals surface area contributed by atoms with E-state index in [9.17, 15) is 0 Å². The molecule has 2 heterocycles. The van der Waals surface area contributed by atoms with Crippen molar-refractivity contribution in [3.05, 3.63) is 41.8 Å². The first-order valence-electron chi connectivity index (χ1n) is 8.43. The van der Waals surface area contributed by atoms with Gasteiger partial charge in [-0.1, -0.05) is 25.1 Å². The monoisotopic (exact) mass is 458 g/mol. The molecule has 0 saturated heterocycles. The van der Waals surface area contributed by atoms with Crippen LogP contribution in [0.2, 0.25) is 0 Å². The van der Waals surface area contributed by atoms with Crippen LogP contribution in [0, 0.1) is 0 Å². The highest BCUT2D eigenvalue weighted by Gasteiger charge is 2.09. The standard InChI is InChI=1S/C17H26N6O.HI/c1-4-18-17(21-12-14-8-5-6-10-19-14)20-11-7-9-15-22-16(13(2)3)23-24-15;/h5-6,8,10,13H,4,7,9,11-12H2,1-3H3,(H2,18,20,21);1H. The lowest BCUT2D eigenvalue weighted by atomic mass is 10.2. The molecule has 0 atom stereocenters. The topological polar surface area (TPSA) is 88.2 Å². The highest BCUT2D eigenvalue weighted by atomic mass is 127. The number of aliphatic imine (C=N–C) groups is 1. The van der Waals surface area contributed by atoms with Gasteiger partial charge in [-0.3, -0.25) is 4.98 Å². The average Bonchev–Trinajstić information content (AvgIpc) is 3.06. The zero-order valence-electron chi connectivity index (χ0n) is 15.0. The van der Waals surface area contributed by atoms with Crippen LogP contribution in [0.25, 0.3) is 0 Å². The largest absolute Gasteiger partial charge is 0.357 e. The van der Waals surface area contributed by atoms with E-state index in [1.54, 1.807) is 6.20 Å². The molecule has 2 rings (SSSR count). The Labute approximate surface area is 166 Å². The molecule has 0 unspecified atom stereocenters. The first-order chi connectivity index (χ1) is 11.7. The molecule has 0 aliphatic carbocycles. The van der Waals surface area contributed by atoms with E-state index in [0.29, 0.717) is 18.4 Å². The Bertz CT molecular complexity index is 629. The summed E-state index contributed by atoms with van der Waals surface area (Å²) in [5.74, 6) is 2.54. The lowest BCUT2D eigenvalue weighted by molar-refractivity contribution is 0.368. The van der Waals surface area contributed by atoms with E-state index in [0.717, 1.165) is 43.4 Å². The van der Waals surface area contributed by atoms with Crippen molar-refractivity contribution in [2.45, 2.75) is 46.1 Å². The molecule has 0 aliphatic heterocycles. The van der Waals surface area contributed by atoms with Crippen LogP contribution >= 0.6 is 24.0 Å². The van der Waals surface area contributed by atoms with Gasteiger partial charge in [0.15, 0.2) is 11.8 Å². The Morgan fingerprint density at radius 2 is 2.12 bits per heavy atom. The number of aromatic nitrogens is 3. The molecule has 25 heavy (non-hydrogen) atoms. The van der Waals surface area contributed by atoms with Crippen LogP contribution in [0.5, 0.6) is 0 Å². The molecule has 0 fully saturated rings. The quantitative estimate of drug-likeness (QED) is 0.274. The molecule has 2 aromatic heterocycles. The summed E-state index contributed by atoms with van der Waals surface area (Å²) in [6.45, 7) is 8.30. The third-order valence-electron chi connectivity index (χ3n) is 3.33.